The Labute approximate surface area is 187 Å². The second kappa shape index (κ2) is 8.92. The maximum atomic E-state index is 11.8. The molecule has 6 nitrogen and oxygen atoms in total. The highest BCUT2D eigenvalue weighted by Crippen LogP contribution is 2.27. The van der Waals surface area contributed by atoms with Crippen molar-refractivity contribution in [2.75, 3.05) is 0 Å². The van der Waals surface area contributed by atoms with Gasteiger partial charge in [0.05, 0.1) is 18.1 Å². The fourth-order valence-corrected chi connectivity index (χ4v) is 4.33. The molecular weight excluding hydrogens is 422 g/mol. The van der Waals surface area contributed by atoms with Crippen LogP contribution in [0.5, 0.6) is 0 Å². The average molecular weight is 446 g/mol. The Morgan fingerprint density at radius 2 is 1.47 bits per heavy atom. The zero-order valence-corrected chi connectivity index (χ0v) is 18.1. The first-order chi connectivity index (χ1) is 15.3. The summed E-state index contributed by atoms with van der Waals surface area (Å²) in [5, 5.41) is 15.0. The molecule has 0 aromatic heterocycles. The molecule has 0 saturated heterocycles. The Bertz CT molecular complexity index is 1400. The molecule has 32 heavy (non-hydrogen) atoms. The van der Waals surface area contributed by atoms with E-state index in [1.54, 1.807) is 18.2 Å². The third kappa shape index (κ3) is 4.86. The normalized spacial score (nSPS) is 11.5. The molecule has 0 saturated carbocycles. The number of hydrogen-bond acceptors (Lipinski definition) is 4. The van der Waals surface area contributed by atoms with Crippen LogP contribution in [0.3, 0.4) is 0 Å². The number of ether oxygens (including phenoxy) is 1. The van der Waals surface area contributed by atoms with Crippen molar-refractivity contribution in [3.05, 3.63) is 102 Å². The number of hydrogen-bond donors (Lipinski definition) is 3. The summed E-state index contributed by atoms with van der Waals surface area (Å²) in [6.45, 7) is 0.860. The Morgan fingerprint density at radius 3 is 2.19 bits per heavy atom. The van der Waals surface area contributed by atoms with Gasteiger partial charge in [0.1, 0.15) is 5.84 Å². The highest BCUT2D eigenvalue weighted by molar-refractivity contribution is 7.89. The molecule has 4 rings (SSSR count). The van der Waals surface area contributed by atoms with Crippen molar-refractivity contribution in [1.82, 2.24) is 0 Å². The van der Waals surface area contributed by atoms with Crippen LogP contribution in [0.4, 0.5) is 0 Å². The fraction of sp³-hybridized carbons (Fsp3) is 0.0800. The third-order valence-corrected chi connectivity index (χ3v) is 6.18. The molecule has 162 valence electrons. The molecule has 0 spiro atoms. The lowest BCUT2D eigenvalue weighted by Gasteiger charge is -2.10. The molecule has 0 aliphatic heterocycles. The van der Waals surface area contributed by atoms with Crippen LogP contribution in [-0.2, 0) is 28.0 Å². The minimum absolute atomic E-state index is 0.0451. The van der Waals surface area contributed by atoms with Crippen LogP contribution in [0.25, 0.3) is 21.9 Å². The molecule has 5 N–H and O–H groups in total. The van der Waals surface area contributed by atoms with E-state index >= 15 is 0 Å². The molecule has 4 aromatic rings. The quantitative estimate of drug-likeness (QED) is 0.292. The van der Waals surface area contributed by atoms with Crippen molar-refractivity contribution in [2.24, 2.45) is 10.9 Å². The Morgan fingerprint density at radius 1 is 0.812 bits per heavy atom. The second-order valence-electron chi connectivity index (χ2n) is 7.54. The van der Waals surface area contributed by atoms with Gasteiger partial charge in [-0.3, -0.25) is 5.41 Å². The second-order valence-corrected chi connectivity index (χ2v) is 9.07. The Hall–Kier alpha value is -3.52. The van der Waals surface area contributed by atoms with Crippen LogP contribution in [-0.4, -0.2) is 14.3 Å². The predicted octanol–water partition coefficient (Wildman–Crippen LogP) is 4.16. The Balaban J connectivity index is 1.44. The van der Waals surface area contributed by atoms with Crippen LogP contribution < -0.4 is 10.9 Å². The van der Waals surface area contributed by atoms with E-state index in [9.17, 15) is 8.42 Å². The van der Waals surface area contributed by atoms with Gasteiger partial charge >= 0.3 is 0 Å². The molecule has 0 amide bonds. The van der Waals surface area contributed by atoms with Gasteiger partial charge in [-0.2, -0.15) is 0 Å². The van der Waals surface area contributed by atoms with Crippen molar-refractivity contribution in [1.29, 1.82) is 5.41 Å². The number of sulfonamides is 1. The van der Waals surface area contributed by atoms with Gasteiger partial charge in [-0.05, 0) is 45.7 Å². The number of fused-ring (bicyclic) bond motifs is 1. The summed E-state index contributed by atoms with van der Waals surface area (Å²) in [6, 6.07) is 26.0. The number of nitrogen functional groups attached to an aromatic ring is 1. The van der Waals surface area contributed by atoms with Crippen molar-refractivity contribution in [3.63, 3.8) is 0 Å². The molecular formula is C25H23N3O3S. The van der Waals surface area contributed by atoms with E-state index in [0.29, 0.717) is 24.3 Å². The van der Waals surface area contributed by atoms with Crippen LogP contribution in [0.2, 0.25) is 0 Å². The van der Waals surface area contributed by atoms with Gasteiger partial charge < -0.3 is 10.5 Å². The van der Waals surface area contributed by atoms with Gasteiger partial charge in [0, 0.05) is 11.1 Å². The van der Waals surface area contributed by atoms with E-state index < -0.39 is 10.0 Å². The summed E-state index contributed by atoms with van der Waals surface area (Å²) in [7, 11) is -3.80. The van der Waals surface area contributed by atoms with E-state index in [0.717, 1.165) is 27.5 Å². The monoisotopic (exact) mass is 445 g/mol. The molecule has 0 fully saturated rings. The van der Waals surface area contributed by atoms with Crippen molar-refractivity contribution >= 4 is 26.6 Å². The lowest BCUT2D eigenvalue weighted by molar-refractivity contribution is 0.107. The van der Waals surface area contributed by atoms with Gasteiger partial charge in [-0.15, -0.1) is 0 Å². The minimum atomic E-state index is -3.80. The van der Waals surface area contributed by atoms with Crippen molar-refractivity contribution < 1.29 is 13.2 Å². The lowest BCUT2D eigenvalue weighted by atomic mass is 10.0. The third-order valence-electron chi connectivity index (χ3n) is 5.21. The summed E-state index contributed by atoms with van der Waals surface area (Å²) in [5.74, 6) is 0.0451. The largest absolute Gasteiger partial charge is 0.384 e. The molecule has 0 aliphatic rings. The van der Waals surface area contributed by atoms with Gasteiger partial charge in [0.15, 0.2) is 0 Å². The molecule has 7 heteroatoms. The molecule has 0 atom stereocenters. The first kappa shape index (κ1) is 21.7. The molecule has 4 aromatic carbocycles. The maximum absolute atomic E-state index is 11.8. The average Bonchev–Trinajstić information content (AvgIpc) is 2.78. The van der Waals surface area contributed by atoms with Crippen molar-refractivity contribution in [3.8, 4) is 11.1 Å². The lowest BCUT2D eigenvalue weighted by Crippen LogP contribution is -2.13. The van der Waals surface area contributed by atoms with E-state index in [4.69, 9.17) is 21.0 Å². The van der Waals surface area contributed by atoms with Gasteiger partial charge in [0.2, 0.25) is 10.0 Å². The maximum Gasteiger partial charge on any atom is 0.238 e. The van der Waals surface area contributed by atoms with Crippen LogP contribution in [0.1, 0.15) is 16.7 Å². The van der Waals surface area contributed by atoms with Gasteiger partial charge in [-0.1, -0.05) is 66.7 Å². The van der Waals surface area contributed by atoms with Crippen molar-refractivity contribution in [2.45, 2.75) is 18.1 Å². The van der Waals surface area contributed by atoms with E-state index in [2.05, 4.69) is 0 Å². The summed E-state index contributed by atoms with van der Waals surface area (Å²) in [6.07, 6.45) is 0. The summed E-state index contributed by atoms with van der Waals surface area (Å²) < 4.78 is 29.6. The highest BCUT2D eigenvalue weighted by Gasteiger charge is 2.14. The number of primary sulfonamides is 1. The number of benzene rings is 4. The number of amidine groups is 1. The topological polar surface area (TPSA) is 119 Å². The summed E-state index contributed by atoms with van der Waals surface area (Å²) in [4.78, 5) is 0.105. The molecule has 0 radical (unpaired) electrons. The van der Waals surface area contributed by atoms with E-state index in [1.165, 1.54) is 6.07 Å². The summed E-state index contributed by atoms with van der Waals surface area (Å²) >= 11 is 0. The standard InChI is InChI=1S/C25H23N3O3S/c26-25(27)21-12-11-19-8-7-18(13-22(19)14-21)16-31-15-17-5-9-20(10-6-17)23-3-1-2-4-24(23)32(28,29)30/h1-14H,15-16H2,(H3,26,27)(H2,28,29,30). The smallest absolute Gasteiger partial charge is 0.238 e. The minimum Gasteiger partial charge on any atom is -0.384 e. The molecule has 0 aliphatic carbocycles. The number of rotatable bonds is 7. The van der Waals surface area contributed by atoms with Gasteiger partial charge in [0.25, 0.3) is 0 Å². The van der Waals surface area contributed by atoms with Gasteiger partial charge in [-0.25, -0.2) is 13.6 Å². The first-order valence-corrected chi connectivity index (χ1v) is 11.5. The SMILES string of the molecule is N=C(N)c1ccc2ccc(COCc3ccc(-c4ccccc4S(N)(=O)=O)cc3)cc2c1. The predicted molar refractivity (Wildman–Crippen MR) is 127 cm³/mol. The molecule has 0 bridgehead atoms. The van der Waals surface area contributed by atoms with E-state index in [-0.39, 0.29) is 10.7 Å². The Kier molecular flexibility index (Phi) is 6.05. The van der Waals surface area contributed by atoms with E-state index in [1.807, 2.05) is 60.7 Å². The molecule has 0 heterocycles. The first-order valence-electron chi connectivity index (χ1n) is 9.97. The zero-order chi connectivity index (χ0) is 22.7. The number of nitrogens with two attached hydrogens (primary N) is 2. The zero-order valence-electron chi connectivity index (χ0n) is 17.3. The van der Waals surface area contributed by atoms with Crippen LogP contribution in [0.15, 0.2) is 89.8 Å². The number of nitrogens with one attached hydrogen (secondary N) is 1. The van der Waals surface area contributed by atoms with Crippen LogP contribution in [0, 0.1) is 5.41 Å². The fourth-order valence-electron chi connectivity index (χ4n) is 3.57. The van der Waals surface area contributed by atoms with Crippen LogP contribution >= 0.6 is 0 Å². The molecule has 0 unspecified atom stereocenters. The highest BCUT2D eigenvalue weighted by atomic mass is 32.2. The summed E-state index contributed by atoms with van der Waals surface area (Å²) in [5.41, 5.74) is 9.62.